The average Bonchev–Trinajstić information content (AvgIpc) is 2.77. The second-order valence-electron chi connectivity index (χ2n) is 5.70. The highest BCUT2D eigenvalue weighted by Crippen LogP contribution is 2.41. The van der Waals surface area contributed by atoms with Gasteiger partial charge >= 0.3 is 0 Å². The molecule has 0 aliphatic heterocycles. The maximum atomic E-state index is 2.35. The highest BCUT2D eigenvalue weighted by molar-refractivity contribution is 7.48. The molecule has 2 aromatic rings. The van der Waals surface area contributed by atoms with Gasteiger partial charge in [-0.25, -0.2) is 6.07 Å². The standard InChI is InChI=1S/C17H22P/c1-12-10-13(2)16(14(3)11-12)18-17(4,5)15-8-6-7-9-15/h6-11,18H,1-5H3/q-1. The minimum Gasteiger partial charge on any atom is -0.210 e. The molecule has 0 heterocycles. The molecule has 0 saturated carbocycles. The number of hydrogen-bond donors (Lipinski definition) is 0. The number of aryl methyl sites for hydroxylation is 3. The SMILES string of the molecule is Cc1cc(C)c(PC(C)(C)c2cc[cH-]c2)c(C)c1. The van der Waals surface area contributed by atoms with E-state index in [0.717, 1.165) is 8.58 Å². The smallest absolute Gasteiger partial charge is 0.0215 e. The average molecular weight is 257 g/mol. The molecule has 2 rings (SSSR count). The molecule has 0 bridgehead atoms. The summed E-state index contributed by atoms with van der Waals surface area (Å²) in [7, 11) is 0.820. The Kier molecular flexibility index (Phi) is 3.69. The molecule has 2 aromatic carbocycles. The van der Waals surface area contributed by atoms with Gasteiger partial charge < -0.3 is 0 Å². The molecule has 1 unspecified atom stereocenters. The van der Waals surface area contributed by atoms with Gasteiger partial charge in [0.2, 0.25) is 0 Å². The molecule has 0 radical (unpaired) electrons. The van der Waals surface area contributed by atoms with E-state index in [4.69, 9.17) is 0 Å². The second-order valence-corrected chi connectivity index (χ2v) is 7.70. The lowest BCUT2D eigenvalue weighted by Gasteiger charge is -2.31. The zero-order valence-corrected chi connectivity index (χ0v) is 13.0. The number of hydrogen-bond acceptors (Lipinski definition) is 0. The summed E-state index contributed by atoms with van der Waals surface area (Å²) in [6.45, 7) is 11.3. The topological polar surface area (TPSA) is 0 Å². The summed E-state index contributed by atoms with van der Waals surface area (Å²) in [4.78, 5) is 0. The molecule has 0 aliphatic rings. The lowest BCUT2D eigenvalue weighted by atomic mass is 10.1. The van der Waals surface area contributed by atoms with Crippen LogP contribution in [-0.2, 0) is 5.16 Å². The molecular formula is C17H22P-. The van der Waals surface area contributed by atoms with Crippen molar-refractivity contribution in [2.24, 2.45) is 0 Å². The van der Waals surface area contributed by atoms with Crippen LogP contribution in [0.15, 0.2) is 36.4 Å². The zero-order chi connectivity index (χ0) is 13.3. The van der Waals surface area contributed by atoms with Crippen LogP contribution >= 0.6 is 8.58 Å². The normalized spacial score (nSPS) is 12.5. The highest BCUT2D eigenvalue weighted by atomic mass is 31.1. The Morgan fingerprint density at radius 3 is 2.17 bits per heavy atom. The van der Waals surface area contributed by atoms with E-state index >= 15 is 0 Å². The number of rotatable bonds is 3. The van der Waals surface area contributed by atoms with E-state index in [2.05, 4.69) is 71.0 Å². The van der Waals surface area contributed by atoms with Gasteiger partial charge in [0.05, 0.1) is 0 Å². The lowest BCUT2D eigenvalue weighted by Crippen LogP contribution is -2.17. The monoisotopic (exact) mass is 257 g/mol. The van der Waals surface area contributed by atoms with Crippen molar-refractivity contribution in [3.05, 3.63) is 58.7 Å². The summed E-state index contributed by atoms with van der Waals surface area (Å²) in [5.41, 5.74) is 5.68. The van der Waals surface area contributed by atoms with Crippen LogP contribution in [0.4, 0.5) is 0 Å². The maximum absolute atomic E-state index is 2.35. The summed E-state index contributed by atoms with van der Waals surface area (Å²) in [5, 5.41) is 1.76. The molecule has 1 heteroatoms. The van der Waals surface area contributed by atoms with E-state index < -0.39 is 0 Å². The molecule has 0 fully saturated rings. The van der Waals surface area contributed by atoms with Crippen LogP contribution in [0, 0.1) is 20.8 Å². The van der Waals surface area contributed by atoms with Crippen molar-refractivity contribution in [2.75, 3.05) is 0 Å². The molecule has 96 valence electrons. The highest BCUT2D eigenvalue weighted by Gasteiger charge is 2.18. The quantitative estimate of drug-likeness (QED) is 0.558. The van der Waals surface area contributed by atoms with Crippen molar-refractivity contribution in [3.63, 3.8) is 0 Å². The maximum Gasteiger partial charge on any atom is -0.0215 e. The molecule has 0 saturated heterocycles. The van der Waals surface area contributed by atoms with E-state index in [1.54, 1.807) is 0 Å². The van der Waals surface area contributed by atoms with Crippen LogP contribution < -0.4 is 5.30 Å². The van der Waals surface area contributed by atoms with Crippen molar-refractivity contribution in [1.82, 2.24) is 0 Å². The lowest BCUT2D eigenvalue weighted by molar-refractivity contribution is 0.781. The van der Waals surface area contributed by atoms with Crippen LogP contribution in [0.2, 0.25) is 0 Å². The fourth-order valence-corrected chi connectivity index (χ4v) is 4.03. The van der Waals surface area contributed by atoms with E-state index in [1.807, 2.05) is 0 Å². The summed E-state index contributed by atoms with van der Waals surface area (Å²) >= 11 is 0. The Balaban J connectivity index is 2.35. The third kappa shape index (κ3) is 2.70. The van der Waals surface area contributed by atoms with Crippen molar-refractivity contribution in [2.45, 2.75) is 39.8 Å². The first-order valence-electron chi connectivity index (χ1n) is 6.48. The molecule has 0 nitrogen and oxygen atoms in total. The van der Waals surface area contributed by atoms with Gasteiger partial charge in [-0.3, -0.25) is 0 Å². The van der Waals surface area contributed by atoms with Gasteiger partial charge in [-0.2, -0.15) is 23.8 Å². The molecule has 0 aliphatic carbocycles. The Bertz CT molecular complexity index is 510. The zero-order valence-electron chi connectivity index (χ0n) is 12.0. The first kappa shape index (κ1) is 13.4. The minimum atomic E-state index is 0.230. The fourth-order valence-electron chi connectivity index (χ4n) is 2.55. The molecule has 0 amide bonds. The van der Waals surface area contributed by atoms with Crippen molar-refractivity contribution >= 4 is 13.9 Å². The van der Waals surface area contributed by atoms with Crippen LogP contribution in [0.3, 0.4) is 0 Å². The predicted molar refractivity (Wildman–Crippen MR) is 83.7 cm³/mol. The van der Waals surface area contributed by atoms with Gasteiger partial charge in [-0.1, -0.05) is 40.1 Å². The predicted octanol–water partition coefficient (Wildman–Crippen LogP) is 4.57. The second kappa shape index (κ2) is 4.94. The van der Waals surface area contributed by atoms with Crippen molar-refractivity contribution < 1.29 is 0 Å². The van der Waals surface area contributed by atoms with Gasteiger partial charge in [0.15, 0.2) is 0 Å². The van der Waals surface area contributed by atoms with Crippen molar-refractivity contribution in [1.29, 1.82) is 0 Å². The van der Waals surface area contributed by atoms with Crippen LogP contribution in [0.1, 0.15) is 36.1 Å². The van der Waals surface area contributed by atoms with Crippen LogP contribution in [-0.4, -0.2) is 0 Å². The summed E-state index contributed by atoms with van der Waals surface area (Å²) in [6.07, 6.45) is 0. The largest absolute Gasteiger partial charge is 0.210 e. The van der Waals surface area contributed by atoms with Gasteiger partial charge in [0.1, 0.15) is 0 Å². The Morgan fingerprint density at radius 1 is 1.06 bits per heavy atom. The van der Waals surface area contributed by atoms with Gasteiger partial charge in [0, 0.05) is 0 Å². The Labute approximate surface area is 113 Å². The number of benzene rings is 1. The van der Waals surface area contributed by atoms with Gasteiger partial charge in [-0.05, 0) is 42.4 Å². The molecule has 1 atom stereocenters. The third-order valence-corrected chi connectivity index (χ3v) is 5.45. The van der Waals surface area contributed by atoms with Gasteiger partial charge in [-0.15, -0.1) is 0 Å². The molecule has 0 aromatic heterocycles. The molecular weight excluding hydrogens is 235 g/mol. The van der Waals surface area contributed by atoms with E-state index in [-0.39, 0.29) is 5.16 Å². The van der Waals surface area contributed by atoms with Gasteiger partial charge in [0.25, 0.3) is 0 Å². The molecule has 0 spiro atoms. The first-order valence-corrected chi connectivity index (χ1v) is 7.48. The van der Waals surface area contributed by atoms with Crippen LogP contribution in [0.25, 0.3) is 0 Å². The molecule has 18 heavy (non-hydrogen) atoms. The van der Waals surface area contributed by atoms with Crippen LogP contribution in [0.5, 0.6) is 0 Å². The molecule has 0 N–H and O–H groups in total. The Hall–Kier alpha value is -1.00. The minimum absolute atomic E-state index is 0.230. The van der Waals surface area contributed by atoms with E-state index in [0.29, 0.717) is 0 Å². The van der Waals surface area contributed by atoms with Crippen molar-refractivity contribution in [3.8, 4) is 0 Å². The fraction of sp³-hybridized carbons (Fsp3) is 0.353. The Morgan fingerprint density at radius 2 is 1.67 bits per heavy atom. The summed E-state index contributed by atoms with van der Waals surface area (Å²) in [6, 6.07) is 13.4. The summed E-state index contributed by atoms with van der Waals surface area (Å²) in [5.74, 6) is 0. The van der Waals surface area contributed by atoms with E-state index in [9.17, 15) is 0 Å². The summed E-state index contributed by atoms with van der Waals surface area (Å²) < 4.78 is 0. The van der Waals surface area contributed by atoms with E-state index in [1.165, 1.54) is 27.6 Å². The third-order valence-electron chi connectivity index (χ3n) is 3.50. The first-order chi connectivity index (χ1) is 8.40.